The highest BCUT2D eigenvalue weighted by Gasteiger charge is 2.35. The lowest BCUT2D eigenvalue weighted by Gasteiger charge is -2.13. The van der Waals surface area contributed by atoms with Gasteiger partial charge in [0.2, 0.25) is 0 Å². The highest BCUT2D eigenvalue weighted by Crippen LogP contribution is 2.36. The van der Waals surface area contributed by atoms with E-state index < -0.39 is 4.92 Å². The number of amides is 2. The number of carbonyl (C=O) groups excluding carboxylic acids is 2. The van der Waals surface area contributed by atoms with Gasteiger partial charge in [-0.2, -0.15) is 0 Å². The summed E-state index contributed by atoms with van der Waals surface area (Å²) in [5.41, 5.74) is 2.94. The third kappa shape index (κ3) is 4.45. The summed E-state index contributed by atoms with van der Waals surface area (Å²) in [6.45, 7) is 0.389. The molecule has 1 fully saturated rings. The van der Waals surface area contributed by atoms with Crippen LogP contribution in [-0.4, -0.2) is 25.5 Å². The third-order valence-corrected chi connectivity index (χ3v) is 7.07. The Morgan fingerprint density at radius 3 is 2.37 bits per heavy atom. The Morgan fingerprint density at radius 2 is 1.60 bits per heavy atom. The van der Waals surface area contributed by atoms with Gasteiger partial charge in [-0.1, -0.05) is 66.2 Å². The minimum atomic E-state index is -0.392. The van der Waals surface area contributed by atoms with Crippen LogP contribution in [0, 0.1) is 10.1 Å². The van der Waals surface area contributed by atoms with Crippen molar-refractivity contribution in [3.8, 4) is 0 Å². The number of nitro benzene ring substituents is 1. The number of carbonyl (C=O) groups is 2. The Labute approximate surface area is 209 Å². The van der Waals surface area contributed by atoms with Crippen molar-refractivity contribution in [2.24, 2.45) is 0 Å². The first kappa shape index (κ1) is 22.9. The number of imide groups is 1. The maximum absolute atomic E-state index is 13.1. The molecule has 2 amide bonds. The van der Waals surface area contributed by atoms with Crippen LogP contribution in [0.1, 0.15) is 16.7 Å². The fraction of sp³-hybridized carbons (Fsp3) is 0.0769. The molecule has 1 aliphatic rings. The van der Waals surface area contributed by atoms with Crippen LogP contribution in [0.15, 0.2) is 83.9 Å². The summed E-state index contributed by atoms with van der Waals surface area (Å²) in [7, 11) is 0. The van der Waals surface area contributed by atoms with Crippen LogP contribution >= 0.6 is 23.4 Å². The van der Waals surface area contributed by atoms with Crippen molar-refractivity contribution in [1.82, 2.24) is 9.47 Å². The maximum Gasteiger partial charge on any atom is 0.293 e. The van der Waals surface area contributed by atoms with E-state index in [1.807, 2.05) is 41.1 Å². The highest BCUT2D eigenvalue weighted by molar-refractivity contribution is 8.18. The van der Waals surface area contributed by atoms with E-state index in [0.29, 0.717) is 27.6 Å². The van der Waals surface area contributed by atoms with Gasteiger partial charge in [0, 0.05) is 39.3 Å². The number of hydrogen-bond donors (Lipinski definition) is 0. The topological polar surface area (TPSA) is 85.5 Å². The Morgan fingerprint density at radius 1 is 0.914 bits per heavy atom. The number of hydrogen-bond acceptors (Lipinski definition) is 5. The van der Waals surface area contributed by atoms with Gasteiger partial charge in [-0.05, 0) is 35.5 Å². The lowest BCUT2D eigenvalue weighted by atomic mass is 10.1. The van der Waals surface area contributed by atoms with Crippen LogP contribution in [0.2, 0.25) is 5.02 Å². The van der Waals surface area contributed by atoms with Gasteiger partial charge >= 0.3 is 0 Å². The largest absolute Gasteiger partial charge is 0.342 e. The molecule has 0 bridgehead atoms. The van der Waals surface area contributed by atoms with Crippen molar-refractivity contribution in [2.45, 2.75) is 13.1 Å². The Bertz CT molecular complexity index is 1530. The smallest absolute Gasteiger partial charge is 0.293 e. The minimum Gasteiger partial charge on any atom is -0.342 e. The second-order valence-electron chi connectivity index (χ2n) is 7.97. The molecular weight excluding hydrogens is 486 g/mol. The summed E-state index contributed by atoms with van der Waals surface area (Å²) in [5, 5.41) is 12.5. The van der Waals surface area contributed by atoms with Crippen LogP contribution in [0.25, 0.3) is 17.0 Å². The van der Waals surface area contributed by atoms with E-state index >= 15 is 0 Å². The predicted octanol–water partition coefficient (Wildman–Crippen LogP) is 6.49. The molecule has 0 unspecified atom stereocenters. The van der Waals surface area contributed by atoms with Crippen LogP contribution in [0.3, 0.4) is 0 Å². The van der Waals surface area contributed by atoms with E-state index in [4.69, 9.17) is 11.6 Å². The molecule has 1 aliphatic heterocycles. The standard InChI is InChI=1S/C26H18ClN3O4S/c27-21-10-4-1-7-17(21)16-29-25(31)24(35-26(29)32)13-19-15-28(23-12-6-3-9-20(19)23)14-18-8-2-5-11-22(18)30(33)34/h1-13,15H,14,16H2/b24-13-. The molecule has 7 nitrogen and oxygen atoms in total. The van der Waals surface area contributed by atoms with Gasteiger partial charge in [-0.25, -0.2) is 0 Å². The molecule has 2 heterocycles. The molecule has 0 aliphatic carbocycles. The molecule has 0 atom stereocenters. The fourth-order valence-electron chi connectivity index (χ4n) is 4.10. The summed E-state index contributed by atoms with van der Waals surface area (Å²) in [6.07, 6.45) is 3.55. The first-order chi connectivity index (χ1) is 16.9. The summed E-state index contributed by atoms with van der Waals surface area (Å²) in [5.74, 6) is -0.379. The molecule has 0 spiro atoms. The van der Waals surface area contributed by atoms with Crippen LogP contribution in [-0.2, 0) is 17.9 Å². The molecule has 4 aromatic rings. The Hall–Kier alpha value is -3.88. The molecule has 3 aromatic carbocycles. The van der Waals surface area contributed by atoms with E-state index in [2.05, 4.69) is 0 Å². The van der Waals surface area contributed by atoms with Crippen molar-refractivity contribution >= 4 is 57.2 Å². The van der Waals surface area contributed by atoms with E-state index in [0.717, 1.165) is 28.2 Å². The van der Waals surface area contributed by atoms with E-state index in [-0.39, 0.29) is 23.4 Å². The molecule has 174 valence electrons. The van der Waals surface area contributed by atoms with Gasteiger partial charge < -0.3 is 4.57 Å². The number of fused-ring (bicyclic) bond motifs is 1. The predicted molar refractivity (Wildman–Crippen MR) is 137 cm³/mol. The Kier molecular flexibility index (Phi) is 6.15. The summed E-state index contributed by atoms with van der Waals surface area (Å²) < 4.78 is 1.91. The maximum atomic E-state index is 13.1. The SMILES string of the molecule is O=C1S/C(=C\c2cn(Cc3ccccc3[N+](=O)[O-])c3ccccc23)C(=O)N1Cc1ccccc1Cl. The average Bonchev–Trinajstić information content (AvgIpc) is 3.32. The number of benzene rings is 3. The molecular formula is C26H18ClN3O4S. The molecule has 1 saturated heterocycles. The van der Waals surface area contributed by atoms with Crippen LogP contribution in [0.4, 0.5) is 10.5 Å². The van der Waals surface area contributed by atoms with Crippen LogP contribution < -0.4 is 0 Å². The lowest BCUT2D eigenvalue weighted by molar-refractivity contribution is -0.385. The number of nitro groups is 1. The molecule has 5 rings (SSSR count). The molecule has 9 heteroatoms. The molecule has 0 radical (unpaired) electrons. The third-order valence-electron chi connectivity index (χ3n) is 5.79. The average molecular weight is 504 g/mol. The molecule has 0 saturated carbocycles. The number of rotatable bonds is 6. The van der Waals surface area contributed by atoms with Crippen molar-refractivity contribution in [2.75, 3.05) is 0 Å². The number of para-hydroxylation sites is 2. The van der Waals surface area contributed by atoms with Crippen molar-refractivity contribution in [1.29, 1.82) is 0 Å². The summed E-state index contributed by atoms with van der Waals surface area (Å²) >= 11 is 7.10. The second-order valence-corrected chi connectivity index (χ2v) is 9.37. The summed E-state index contributed by atoms with van der Waals surface area (Å²) in [4.78, 5) is 38.3. The van der Waals surface area contributed by atoms with Crippen molar-refractivity contribution in [3.05, 3.63) is 116 Å². The van der Waals surface area contributed by atoms with Crippen molar-refractivity contribution in [3.63, 3.8) is 0 Å². The van der Waals surface area contributed by atoms with E-state index in [9.17, 15) is 19.7 Å². The fourth-order valence-corrected chi connectivity index (χ4v) is 5.13. The van der Waals surface area contributed by atoms with Gasteiger partial charge in [0.15, 0.2) is 0 Å². The lowest BCUT2D eigenvalue weighted by Crippen LogP contribution is -2.27. The van der Waals surface area contributed by atoms with Crippen LogP contribution in [0.5, 0.6) is 0 Å². The first-order valence-electron chi connectivity index (χ1n) is 10.7. The van der Waals surface area contributed by atoms with Gasteiger partial charge in [0.05, 0.1) is 22.9 Å². The minimum absolute atomic E-state index is 0.0486. The monoisotopic (exact) mass is 503 g/mol. The Balaban J connectivity index is 1.49. The number of aromatic nitrogens is 1. The zero-order valence-corrected chi connectivity index (χ0v) is 19.8. The highest BCUT2D eigenvalue weighted by atomic mass is 35.5. The van der Waals surface area contributed by atoms with E-state index in [1.54, 1.807) is 42.5 Å². The second kappa shape index (κ2) is 9.40. The van der Waals surface area contributed by atoms with Crippen molar-refractivity contribution < 1.29 is 14.5 Å². The number of thioether (sulfide) groups is 1. The number of nitrogens with zero attached hydrogens (tertiary/aromatic N) is 3. The zero-order valence-electron chi connectivity index (χ0n) is 18.3. The number of halogens is 1. The summed E-state index contributed by atoms with van der Waals surface area (Å²) in [6, 6.07) is 21.3. The van der Waals surface area contributed by atoms with Gasteiger partial charge in [0.1, 0.15) is 0 Å². The normalized spacial score (nSPS) is 14.9. The van der Waals surface area contributed by atoms with Gasteiger partial charge in [0.25, 0.3) is 16.8 Å². The zero-order chi connectivity index (χ0) is 24.5. The molecule has 0 N–H and O–H groups in total. The molecule has 1 aromatic heterocycles. The molecule has 35 heavy (non-hydrogen) atoms. The quantitative estimate of drug-likeness (QED) is 0.170. The van der Waals surface area contributed by atoms with Gasteiger partial charge in [-0.3, -0.25) is 24.6 Å². The van der Waals surface area contributed by atoms with E-state index in [1.165, 1.54) is 11.0 Å². The van der Waals surface area contributed by atoms with Gasteiger partial charge in [-0.15, -0.1) is 0 Å². The first-order valence-corrected chi connectivity index (χ1v) is 11.9.